The highest BCUT2D eigenvalue weighted by Crippen LogP contribution is 2.25. The summed E-state index contributed by atoms with van der Waals surface area (Å²) < 4.78 is 7.54. The minimum Gasteiger partial charge on any atom is -0.490 e. The van der Waals surface area contributed by atoms with Crippen LogP contribution in [-0.4, -0.2) is 51.5 Å². The van der Waals surface area contributed by atoms with Gasteiger partial charge in [-0.15, -0.1) is 0 Å². The summed E-state index contributed by atoms with van der Waals surface area (Å²) in [5, 5.41) is 25.3. The van der Waals surface area contributed by atoms with Crippen molar-refractivity contribution in [1.29, 1.82) is 5.26 Å². The van der Waals surface area contributed by atoms with Gasteiger partial charge in [-0.05, 0) is 57.0 Å². The van der Waals surface area contributed by atoms with Gasteiger partial charge in [0.1, 0.15) is 17.5 Å². The Hall–Kier alpha value is -4.72. The molecule has 0 aliphatic rings. The average Bonchev–Trinajstić information content (AvgIpc) is 3.40. The molecule has 2 aromatic heterocycles. The highest BCUT2D eigenvalue weighted by Gasteiger charge is 2.18. The predicted octanol–water partition coefficient (Wildman–Crippen LogP) is 3.13. The predicted molar refractivity (Wildman–Crippen MR) is 155 cm³/mol. The molecule has 2 amide bonds. The van der Waals surface area contributed by atoms with E-state index in [9.17, 15) is 20.0 Å². The molecule has 0 aliphatic carbocycles. The summed E-state index contributed by atoms with van der Waals surface area (Å²) in [6.45, 7) is 5.45. The van der Waals surface area contributed by atoms with Crippen LogP contribution in [0.4, 0.5) is 0 Å². The Labute approximate surface area is 238 Å². The molecule has 4 rings (SSSR count). The van der Waals surface area contributed by atoms with Crippen molar-refractivity contribution in [2.45, 2.75) is 45.4 Å². The van der Waals surface area contributed by atoms with Gasteiger partial charge in [0, 0.05) is 35.6 Å². The van der Waals surface area contributed by atoms with E-state index in [1.54, 1.807) is 19.1 Å². The van der Waals surface area contributed by atoms with Crippen molar-refractivity contribution >= 4 is 17.5 Å². The second kappa shape index (κ2) is 13.1. The standard InChI is InChI=1S/C31H34N6O4/c1-19(2)41-28-11-10-23(14-24(28)15-32)31(40)35-25(17-34-29(39)16-33)13-21-6-8-22(9-7-21)27-18-37-12-4-5-26(20(3)38)30(37)36-27/h4-12,14,18-20,25,38H,13,16-17,33H2,1-3H3,(H,34,39)(H,35,40)/t20?,25-/m0/s1. The molecule has 41 heavy (non-hydrogen) atoms. The molecule has 10 nitrogen and oxygen atoms in total. The highest BCUT2D eigenvalue weighted by atomic mass is 16.5. The Morgan fingerprint density at radius 1 is 1.15 bits per heavy atom. The molecule has 10 heteroatoms. The van der Waals surface area contributed by atoms with Gasteiger partial charge in [-0.25, -0.2) is 4.98 Å². The molecule has 0 saturated heterocycles. The number of hydrogen-bond donors (Lipinski definition) is 4. The zero-order chi connectivity index (χ0) is 29.5. The molecule has 0 radical (unpaired) electrons. The number of pyridine rings is 1. The van der Waals surface area contributed by atoms with E-state index in [1.165, 1.54) is 6.07 Å². The third kappa shape index (κ3) is 7.28. The SMILES string of the molecule is CC(C)Oc1ccc(C(=O)N[C@H](CNC(=O)CN)Cc2ccc(-c3cn4cccc(C(C)O)c4n3)cc2)cc1C#N. The second-order valence-electron chi connectivity index (χ2n) is 10.1. The molecule has 2 aromatic carbocycles. The topological polar surface area (TPSA) is 155 Å². The lowest BCUT2D eigenvalue weighted by molar-refractivity contribution is -0.119. The summed E-state index contributed by atoms with van der Waals surface area (Å²) in [4.78, 5) is 29.7. The zero-order valence-corrected chi connectivity index (χ0v) is 23.3. The first-order valence-electron chi connectivity index (χ1n) is 13.4. The van der Waals surface area contributed by atoms with Gasteiger partial charge in [-0.3, -0.25) is 9.59 Å². The van der Waals surface area contributed by atoms with Gasteiger partial charge in [0.05, 0.1) is 36.1 Å². The van der Waals surface area contributed by atoms with Crippen LogP contribution in [0.1, 0.15) is 53.9 Å². The number of aliphatic hydroxyl groups excluding tert-OH is 1. The number of nitrogens with zero attached hydrogens (tertiary/aromatic N) is 3. The lowest BCUT2D eigenvalue weighted by atomic mass is 10.0. The maximum absolute atomic E-state index is 13.1. The molecule has 2 atom stereocenters. The summed E-state index contributed by atoms with van der Waals surface area (Å²) in [6.07, 6.45) is 3.49. The largest absolute Gasteiger partial charge is 0.490 e. The number of imidazole rings is 1. The van der Waals surface area contributed by atoms with Crippen molar-refractivity contribution in [2.24, 2.45) is 5.73 Å². The van der Waals surface area contributed by atoms with Gasteiger partial charge < -0.3 is 30.6 Å². The monoisotopic (exact) mass is 554 g/mol. The summed E-state index contributed by atoms with van der Waals surface area (Å²) in [7, 11) is 0. The molecule has 5 N–H and O–H groups in total. The minimum atomic E-state index is -0.638. The molecule has 212 valence electrons. The van der Waals surface area contributed by atoms with Gasteiger partial charge in [0.15, 0.2) is 0 Å². The Morgan fingerprint density at radius 3 is 2.56 bits per heavy atom. The summed E-state index contributed by atoms with van der Waals surface area (Å²) in [6, 6.07) is 17.9. The zero-order valence-electron chi connectivity index (χ0n) is 23.3. The number of rotatable bonds is 11. The number of fused-ring (bicyclic) bond motifs is 1. The van der Waals surface area contributed by atoms with E-state index in [0.717, 1.165) is 22.4 Å². The van der Waals surface area contributed by atoms with E-state index in [2.05, 4.69) is 16.7 Å². The van der Waals surface area contributed by atoms with Crippen LogP contribution in [0, 0.1) is 11.3 Å². The quantitative estimate of drug-likeness (QED) is 0.222. The van der Waals surface area contributed by atoms with Crippen LogP contribution in [-0.2, 0) is 11.2 Å². The molecule has 0 bridgehead atoms. The van der Waals surface area contributed by atoms with Gasteiger partial charge in [0.25, 0.3) is 5.91 Å². The molecule has 0 aliphatic heterocycles. The Morgan fingerprint density at radius 2 is 1.90 bits per heavy atom. The first-order valence-corrected chi connectivity index (χ1v) is 13.4. The molecule has 2 heterocycles. The lowest BCUT2D eigenvalue weighted by Gasteiger charge is -2.20. The second-order valence-corrected chi connectivity index (χ2v) is 10.1. The van der Waals surface area contributed by atoms with E-state index in [-0.39, 0.29) is 36.6 Å². The van der Waals surface area contributed by atoms with Crippen LogP contribution in [0.2, 0.25) is 0 Å². The van der Waals surface area contributed by atoms with Crippen molar-refractivity contribution in [3.05, 3.63) is 89.2 Å². The number of nitrogens with two attached hydrogens (primary N) is 1. The first kappa shape index (κ1) is 29.3. The number of benzene rings is 2. The van der Waals surface area contributed by atoms with Crippen molar-refractivity contribution in [3.8, 4) is 23.1 Å². The highest BCUT2D eigenvalue weighted by molar-refractivity contribution is 5.95. The van der Waals surface area contributed by atoms with Crippen LogP contribution in [0.25, 0.3) is 16.9 Å². The fraction of sp³-hybridized carbons (Fsp3) is 0.290. The number of nitrogens with one attached hydrogen (secondary N) is 2. The van der Waals surface area contributed by atoms with Crippen LogP contribution in [0.3, 0.4) is 0 Å². The number of aliphatic hydroxyl groups is 1. The molecular weight excluding hydrogens is 520 g/mol. The summed E-state index contributed by atoms with van der Waals surface area (Å²) in [5.41, 5.74) is 10.1. The van der Waals surface area contributed by atoms with Crippen LogP contribution >= 0.6 is 0 Å². The Kier molecular flexibility index (Phi) is 9.34. The molecule has 0 saturated carbocycles. The van der Waals surface area contributed by atoms with E-state index in [1.807, 2.05) is 67.0 Å². The fourth-order valence-electron chi connectivity index (χ4n) is 4.46. The third-order valence-electron chi connectivity index (χ3n) is 6.49. The van der Waals surface area contributed by atoms with E-state index < -0.39 is 12.1 Å². The maximum atomic E-state index is 13.1. The fourth-order valence-corrected chi connectivity index (χ4v) is 4.46. The molecule has 4 aromatic rings. The number of carbonyl (C=O) groups is 2. The van der Waals surface area contributed by atoms with Crippen molar-refractivity contribution in [3.63, 3.8) is 0 Å². The van der Waals surface area contributed by atoms with Crippen LogP contribution < -0.4 is 21.1 Å². The van der Waals surface area contributed by atoms with E-state index in [0.29, 0.717) is 23.4 Å². The Balaban J connectivity index is 1.51. The number of aromatic nitrogens is 2. The van der Waals surface area contributed by atoms with Gasteiger partial charge in [-0.2, -0.15) is 5.26 Å². The van der Waals surface area contributed by atoms with E-state index >= 15 is 0 Å². The smallest absolute Gasteiger partial charge is 0.251 e. The first-order chi connectivity index (χ1) is 19.7. The van der Waals surface area contributed by atoms with Crippen LogP contribution in [0.15, 0.2) is 67.0 Å². The average molecular weight is 555 g/mol. The van der Waals surface area contributed by atoms with Gasteiger partial charge >= 0.3 is 0 Å². The number of ether oxygens (including phenoxy) is 1. The van der Waals surface area contributed by atoms with Crippen molar-refractivity contribution in [2.75, 3.05) is 13.1 Å². The molecular formula is C31H34N6O4. The van der Waals surface area contributed by atoms with Crippen molar-refractivity contribution < 1.29 is 19.4 Å². The van der Waals surface area contributed by atoms with Gasteiger partial charge in [0.2, 0.25) is 5.91 Å². The number of hydrogen-bond acceptors (Lipinski definition) is 7. The number of carbonyl (C=O) groups excluding carboxylic acids is 2. The van der Waals surface area contributed by atoms with E-state index in [4.69, 9.17) is 15.5 Å². The van der Waals surface area contributed by atoms with Crippen LogP contribution in [0.5, 0.6) is 5.75 Å². The number of amides is 2. The molecule has 0 spiro atoms. The normalized spacial score (nSPS) is 12.5. The lowest BCUT2D eigenvalue weighted by Crippen LogP contribution is -2.46. The third-order valence-corrected chi connectivity index (χ3v) is 6.49. The summed E-state index contributed by atoms with van der Waals surface area (Å²) >= 11 is 0. The Bertz CT molecular complexity index is 1570. The maximum Gasteiger partial charge on any atom is 0.251 e. The van der Waals surface area contributed by atoms with Crippen molar-refractivity contribution in [1.82, 2.24) is 20.0 Å². The molecule has 1 unspecified atom stereocenters. The molecule has 0 fully saturated rings. The summed E-state index contributed by atoms with van der Waals surface area (Å²) in [5.74, 6) is -0.289. The minimum absolute atomic E-state index is 0.113. The van der Waals surface area contributed by atoms with Gasteiger partial charge in [-0.1, -0.05) is 30.3 Å². The number of nitriles is 1.